The van der Waals surface area contributed by atoms with Crippen molar-refractivity contribution < 1.29 is 12.8 Å². The Balaban J connectivity index is 2.43. The van der Waals surface area contributed by atoms with Gasteiger partial charge < -0.3 is 5.32 Å². The molecular weight excluding hydrogens is 291 g/mol. The lowest BCUT2D eigenvalue weighted by atomic mass is 10.1. The van der Waals surface area contributed by atoms with Crippen LogP contribution in [0.15, 0.2) is 18.2 Å². The standard InChI is InChI=1S/C15H25FN2O2S/c1-5-18(21(4,19)20)10-6-9-17-13(3)14-8-7-12(2)15(16)11-14/h7-8,11,13,17H,5-6,9-10H2,1-4H3. The average Bonchev–Trinajstić information content (AvgIpc) is 2.40. The maximum Gasteiger partial charge on any atom is 0.211 e. The molecule has 21 heavy (non-hydrogen) atoms. The zero-order valence-electron chi connectivity index (χ0n) is 13.2. The minimum Gasteiger partial charge on any atom is -0.310 e. The first-order valence-electron chi connectivity index (χ1n) is 7.20. The fourth-order valence-electron chi connectivity index (χ4n) is 2.13. The molecule has 0 fully saturated rings. The fraction of sp³-hybridized carbons (Fsp3) is 0.600. The lowest BCUT2D eigenvalue weighted by molar-refractivity contribution is 0.413. The number of aryl methyl sites for hydroxylation is 1. The number of benzene rings is 1. The van der Waals surface area contributed by atoms with Crippen molar-refractivity contribution in [2.45, 2.75) is 33.2 Å². The highest BCUT2D eigenvalue weighted by Crippen LogP contribution is 2.16. The fourth-order valence-corrected chi connectivity index (χ4v) is 3.06. The van der Waals surface area contributed by atoms with E-state index in [1.54, 1.807) is 19.1 Å². The Labute approximate surface area is 127 Å². The Morgan fingerprint density at radius 3 is 2.57 bits per heavy atom. The molecule has 1 rings (SSSR count). The lowest BCUT2D eigenvalue weighted by Crippen LogP contribution is -2.32. The number of sulfonamides is 1. The van der Waals surface area contributed by atoms with Crippen LogP contribution in [0.5, 0.6) is 0 Å². The average molecular weight is 316 g/mol. The largest absolute Gasteiger partial charge is 0.310 e. The van der Waals surface area contributed by atoms with Crippen molar-refractivity contribution in [3.8, 4) is 0 Å². The second kappa shape index (κ2) is 7.87. The van der Waals surface area contributed by atoms with Crippen LogP contribution in [0.25, 0.3) is 0 Å². The summed E-state index contributed by atoms with van der Waals surface area (Å²) in [5, 5.41) is 3.29. The Hall–Kier alpha value is -0.980. The van der Waals surface area contributed by atoms with Gasteiger partial charge in [0.15, 0.2) is 0 Å². The first-order valence-corrected chi connectivity index (χ1v) is 9.05. The number of halogens is 1. The summed E-state index contributed by atoms with van der Waals surface area (Å²) in [6, 6.07) is 5.26. The molecule has 1 aromatic carbocycles. The van der Waals surface area contributed by atoms with E-state index in [1.807, 2.05) is 19.9 Å². The van der Waals surface area contributed by atoms with E-state index < -0.39 is 10.0 Å². The van der Waals surface area contributed by atoms with Crippen LogP contribution in [-0.4, -0.2) is 38.6 Å². The van der Waals surface area contributed by atoms with Crippen molar-refractivity contribution in [3.63, 3.8) is 0 Å². The second-order valence-corrected chi connectivity index (χ2v) is 7.28. The summed E-state index contributed by atoms with van der Waals surface area (Å²) in [6.45, 7) is 7.20. The minimum absolute atomic E-state index is 0.0356. The van der Waals surface area contributed by atoms with Crippen LogP contribution in [0.1, 0.15) is 37.4 Å². The molecule has 6 heteroatoms. The topological polar surface area (TPSA) is 49.4 Å². The summed E-state index contributed by atoms with van der Waals surface area (Å²) in [7, 11) is -3.12. The number of rotatable bonds is 8. The van der Waals surface area contributed by atoms with Crippen molar-refractivity contribution in [1.82, 2.24) is 9.62 Å². The summed E-state index contributed by atoms with van der Waals surface area (Å²) in [6.07, 6.45) is 1.95. The predicted molar refractivity (Wildman–Crippen MR) is 84.3 cm³/mol. The van der Waals surface area contributed by atoms with Crippen molar-refractivity contribution in [1.29, 1.82) is 0 Å². The smallest absolute Gasteiger partial charge is 0.211 e. The second-order valence-electron chi connectivity index (χ2n) is 5.29. The zero-order chi connectivity index (χ0) is 16.0. The van der Waals surface area contributed by atoms with Crippen molar-refractivity contribution in [3.05, 3.63) is 35.1 Å². The van der Waals surface area contributed by atoms with Crippen molar-refractivity contribution in [2.24, 2.45) is 0 Å². The summed E-state index contributed by atoms with van der Waals surface area (Å²) < 4.78 is 37.8. The number of hydrogen-bond acceptors (Lipinski definition) is 3. The van der Waals surface area contributed by atoms with E-state index in [4.69, 9.17) is 0 Å². The molecule has 1 unspecified atom stereocenters. The van der Waals surface area contributed by atoms with Gasteiger partial charge in [-0.05, 0) is 44.0 Å². The SMILES string of the molecule is CCN(CCCNC(C)c1ccc(C)c(F)c1)S(C)(=O)=O. The Kier molecular flexibility index (Phi) is 6.77. The molecule has 1 aromatic rings. The molecule has 0 aliphatic carbocycles. The van der Waals surface area contributed by atoms with Crippen molar-refractivity contribution in [2.75, 3.05) is 25.9 Å². The summed E-state index contributed by atoms with van der Waals surface area (Å²) in [4.78, 5) is 0. The zero-order valence-corrected chi connectivity index (χ0v) is 14.0. The van der Waals surface area contributed by atoms with E-state index in [1.165, 1.54) is 10.6 Å². The van der Waals surface area contributed by atoms with Gasteiger partial charge in [-0.15, -0.1) is 0 Å². The van der Waals surface area contributed by atoms with Gasteiger partial charge in [0.1, 0.15) is 5.82 Å². The van der Waals surface area contributed by atoms with Gasteiger partial charge in [0.25, 0.3) is 0 Å². The van der Waals surface area contributed by atoms with Crippen molar-refractivity contribution >= 4 is 10.0 Å². The molecule has 0 spiro atoms. The number of hydrogen-bond donors (Lipinski definition) is 1. The van der Waals surface area contributed by atoms with Gasteiger partial charge in [-0.2, -0.15) is 0 Å². The molecule has 120 valence electrons. The molecule has 0 aliphatic heterocycles. The maximum absolute atomic E-state index is 13.5. The van der Waals surface area contributed by atoms with E-state index in [0.717, 1.165) is 12.0 Å². The van der Waals surface area contributed by atoms with Crippen LogP contribution >= 0.6 is 0 Å². The predicted octanol–water partition coefficient (Wildman–Crippen LogP) is 2.46. The highest BCUT2D eigenvalue weighted by molar-refractivity contribution is 7.88. The third-order valence-electron chi connectivity index (χ3n) is 3.55. The van der Waals surface area contributed by atoms with Gasteiger partial charge >= 0.3 is 0 Å². The van der Waals surface area contributed by atoms with E-state index in [0.29, 0.717) is 25.2 Å². The van der Waals surface area contributed by atoms with E-state index in [2.05, 4.69) is 5.32 Å². The number of nitrogens with zero attached hydrogens (tertiary/aromatic N) is 1. The molecule has 0 aromatic heterocycles. The van der Waals surface area contributed by atoms with Crippen LogP contribution in [0, 0.1) is 12.7 Å². The molecule has 1 N–H and O–H groups in total. The van der Waals surface area contributed by atoms with Gasteiger partial charge in [-0.1, -0.05) is 19.1 Å². The Bertz CT molecular complexity index is 561. The molecule has 0 bridgehead atoms. The van der Waals surface area contributed by atoms with Crippen LogP contribution in [0.2, 0.25) is 0 Å². The minimum atomic E-state index is -3.12. The molecule has 0 saturated heterocycles. The molecule has 0 radical (unpaired) electrons. The van der Waals surface area contributed by atoms with Crippen LogP contribution in [0.3, 0.4) is 0 Å². The van der Waals surface area contributed by atoms with Crippen LogP contribution < -0.4 is 5.32 Å². The number of nitrogens with one attached hydrogen (secondary N) is 1. The summed E-state index contributed by atoms with van der Waals surface area (Å²) in [5.41, 5.74) is 1.53. The highest BCUT2D eigenvalue weighted by Gasteiger charge is 2.13. The van der Waals surface area contributed by atoms with Gasteiger partial charge in [-0.3, -0.25) is 0 Å². The Morgan fingerprint density at radius 1 is 1.38 bits per heavy atom. The molecule has 0 aliphatic rings. The first-order chi connectivity index (χ1) is 9.75. The molecule has 0 saturated carbocycles. The van der Waals surface area contributed by atoms with Gasteiger partial charge in [0.2, 0.25) is 10.0 Å². The van der Waals surface area contributed by atoms with Crippen LogP contribution in [0.4, 0.5) is 4.39 Å². The maximum atomic E-state index is 13.5. The van der Waals surface area contributed by atoms with Gasteiger partial charge in [-0.25, -0.2) is 17.1 Å². The molecule has 4 nitrogen and oxygen atoms in total. The van der Waals surface area contributed by atoms with Crippen LogP contribution in [-0.2, 0) is 10.0 Å². The van der Waals surface area contributed by atoms with Gasteiger partial charge in [0, 0.05) is 19.1 Å². The van der Waals surface area contributed by atoms with E-state index >= 15 is 0 Å². The molecular formula is C15H25FN2O2S. The van der Waals surface area contributed by atoms with E-state index in [-0.39, 0.29) is 11.9 Å². The monoisotopic (exact) mass is 316 g/mol. The highest BCUT2D eigenvalue weighted by atomic mass is 32.2. The van der Waals surface area contributed by atoms with Gasteiger partial charge in [0.05, 0.1) is 6.26 Å². The third kappa shape index (κ3) is 5.73. The molecule has 0 heterocycles. The first kappa shape index (κ1) is 18.1. The normalized spacial score (nSPS) is 13.6. The Morgan fingerprint density at radius 2 is 2.05 bits per heavy atom. The molecule has 1 atom stereocenters. The molecule has 0 amide bonds. The van der Waals surface area contributed by atoms with E-state index in [9.17, 15) is 12.8 Å². The third-order valence-corrected chi connectivity index (χ3v) is 4.93. The lowest BCUT2D eigenvalue weighted by Gasteiger charge is -2.19. The summed E-state index contributed by atoms with van der Waals surface area (Å²) in [5.74, 6) is -0.199. The summed E-state index contributed by atoms with van der Waals surface area (Å²) >= 11 is 0. The quantitative estimate of drug-likeness (QED) is 0.750.